The van der Waals surface area contributed by atoms with Gasteiger partial charge >= 0.3 is 5.97 Å². The van der Waals surface area contributed by atoms with Crippen LogP contribution in [0.1, 0.15) is 20.7 Å². The molecule has 6 rings (SSSR count). The number of aromatic carboxylic acids is 1. The third kappa shape index (κ3) is 8.44. The highest BCUT2D eigenvalue weighted by molar-refractivity contribution is 6.31. The molecule has 228 valence electrons. The second-order valence-corrected chi connectivity index (χ2v) is 10.4. The Balaban J connectivity index is 0.000000169. The third-order valence-corrected chi connectivity index (χ3v) is 7.13. The normalized spacial score (nSPS) is 10.1. The molecule has 4 N–H and O–H groups in total. The Labute approximate surface area is 270 Å². The SMILES string of the molecule is COc1ccc(Cl)cc1C(=O)Nc1cccc2ccccc12.COc1ccc(Cl)cc1C(=O)O.Nc1cccc2ccccc12. The zero-order valence-electron chi connectivity index (χ0n) is 24.5. The van der Waals surface area contributed by atoms with Crippen LogP contribution in [-0.4, -0.2) is 31.2 Å². The van der Waals surface area contributed by atoms with Crippen molar-refractivity contribution in [2.24, 2.45) is 0 Å². The Morgan fingerprint density at radius 2 is 1.13 bits per heavy atom. The Kier molecular flexibility index (Phi) is 11.2. The minimum absolute atomic E-state index is 0.0741. The summed E-state index contributed by atoms with van der Waals surface area (Å²) < 4.78 is 10.0. The fourth-order valence-electron chi connectivity index (χ4n) is 4.48. The van der Waals surface area contributed by atoms with E-state index in [4.69, 9.17) is 43.5 Å². The van der Waals surface area contributed by atoms with Crippen molar-refractivity contribution in [1.82, 2.24) is 0 Å². The molecule has 6 aromatic carbocycles. The molecular formula is C36H30Cl2N2O5. The number of nitrogen functional groups attached to an aromatic ring is 1. The van der Waals surface area contributed by atoms with Gasteiger partial charge in [0.2, 0.25) is 0 Å². The first-order valence-electron chi connectivity index (χ1n) is 13.6. The molecule has 0 saturated carbocycles. The van der Waals surface area contributed by atoms with E-state index in [-0.39, 0.29) is 11.5 Å². The van der Waals surface area contributed by atoms with Crippen molar-refractivity contribution in [2.75, 3.05) is 25.3 Å². The van der Waals surface area contributed by atoms with Gasteiger partial charge in [-0.15, -0.1) is 0 Å². The summed E-state index contributed by atoms with van der Waals surface area (Å²) in [6.45, 7) is 0. The number of hydrogen-bond acceptors (Lipinski definition) is 5. The quantitative estimate of drug-likeness (QED) is 0.162. The average molecular weight is 642 g/mol. The van der Waals surface area contributed by atoms with E-state index in [0.717, 1.165) is 27.5 Å². The number of amides is 1. The number of ether oxygens (including phenoxy) is 2. The molecule has 0 spiro atoms. The van der Waals surface area contributed by atoms with E-state index < -0.39 is 5.97 Å². The predicted octanol–water partition coefficient (Wildman–Crippen LogP) is 9.22. The molecule has 0 aromatic heterocycles. The van der Waals surface area contributed by atoms with Crippen LogP contribution in [0, 0.1) is 0 Å². The molecule has 0 fully saturated rings. The lowest BCUT2D eigenvalue weighted by atomic mass is 10.1. The molecule has 6 aromatic rings. The van der Waals surface area contributed by atoms with E-state index in [1.165, 1.54) is 31.7 Å². The molecule has 0 saturated heterocycles. The molecule has 0 aliphatic heterocycles. The molecule has 0 atom stereocenters. The monoisotopic (exact) mass is 640 g/mol. The van der Waals surface area contributed by atoms with Crippen molar-refractivity contribution in [1.29, 1.82) is 0 Å². The third-order valence-electron chi connectivity index (χ3n) is 6.66. The number of nitrogens with one attached hydrogen (secondary N) is 1. The van der Waals surface area contributed by atoms with Crippen molar-refractivity contribution in [2.45, 2.75) is 0 Å². The van der Waals surface area contributed by atoms with Gasteiger partial charge in [0.25, 0.3) is 5.91 Å². The maximum Gasteiger partial charge on any atom is 0.339 e. The van der Waals surface area contributed by atoms with Crippen molar-refractivity contribution < 1.29 is 24.2 Å². The summed E-state index contributed by atoms with van der Waals surface area (Å²) in [4.78, 5) is 23.1. The molecule has 9 heteroatoms. The van der Waals surface area contributed by atoms with Crippen LogP contribution >= 0.6 is 23.2 Å². The Morgan fingerprint density at radius 1 is 0.644 bits per heavy atom. The Bertz CT molecular complexity index is 1950. The van der Waals surface area contributed by atoms with Crippen LogP contribution in [0.25, 0.3) is 21.5 Å². The van der Waals surface area contributed by atoms with Gasteiger partial charge < -0.3 is 25.6 Å². The number of hydrogen-bond donors (Lipinski definition) is 3. The number of rotatable bonds is 5. The van der Waals surface area contributed by atoms with Crippen LogP contribution in [0.5, 0.6) is 11.5 Å². The van der Waals surface area contributed by atoms with Crippen LogP contribution in [0.2, 0.25) is 10.0 Å². The highest BCUT2D eigenvalue weighted by Gasteiger charge is 2.14. The molecular weight excluding hydrogens is 611 g/mol. The molecule has 7 nitrogen and oxygen atoms in total. The standard InChI is InChI=1S/C18H14ClNO2.C10H9N.C8H7ClO3/c1-22-17-10-9-13(19)11-15(17)18(21)20-16-8-4-6-12-5-2-3-7-14(12)16;11-10-7-3-5-8-4-1-2-6-9(8)10;1-12-7-3-2-5(9)4-6(7)8(10)11/h2-11H,1H3,(H,20,21);1-7H,11H2;2-4H,1H3,(H,10,11). The minimum Gasteiger partial charge on any atom is -0.496 e. The van der Waals surface area contributed by atoms with Crippen LogP contribution in [0.3, 0.4) is 0 Å². The van der Waals surface area contributed by atoms with Crippen LogP contribution in [-0.2, 0) is 0 Å². The van der Waals surface area contributed by atoms with Gasteiger partial charge in [-0.25, -0.2) is 4.79 Å². The largest absolute Gasteiger partial charge is 0.496 e. The van der Waals surface area contributed by atoms with Crippen molar-refractivity contribution in [3.63, 3.8) is 0 Å². The first-order valence-corrected chi connectivity index (χ1v) is 14.4. The first-order chi connectivity index (χ1) is 21.7. The number of anilines is 2. The van der Waals surface area contributed by atoms with Gasteiger partial charge in [-0.2, -0.15) is 0 Å². The van der Waals surface area contributed by atoms with Gasteiger partial charge in [0.15, 0.2) is 0 Å². The second kappa shape index (κ2) is 15.5. The smallest absolute Gasteiger partial charge is 0.339 e. The molecule has 1 amide bonds. The molecule has 0 unspecified atom stereocenters. The molecule has 0 radical (unpaired) electrons. The molecule has 0 bridgehead atoms. The average Bonchev–Trinajstić information content (AvgIpc) is 3.06. The van der Waals surface area contributed by atoms with Gasteiger partial charge in [-0.05, 0) is 59.3 Å². The van der Waals surface area contributed by atoms with Crippen molar-refractivity contribution in [3.8, 4) is 11.5 Å². The number of carboxylic acid groups (broad SMARTS) is 1. The topological polar surface area (TPSA) is 111 Å². The summed E-state index contributed by atoms with van der Waals surface area (Å²) in [6.07, 6.45) is 0. The lowest BCUT2D eigenvalue weighted by molar-refractivity contribution is 0.0693. The van der Waals surface area contributed by atoms with Crippen LogP contribution in [0.4, 0.5) is 11.4 Å². The minimum atomic E-state index is -1.05. The fraction of sp³-hybridized carbons (Fsp3) is 0.0556. The molecule has 45 heavy (non-hydrogen) atoms. The highest BCUT2D eigenvalue weighted by atomic mass is 35.5. The number of carbonyl (C=O) groups is 2. The van der Waals surface area contributed by atoms with Crippen molar-refractivity contribution >= 4 is 68.0 Å². The Hall–Kier alpha value is -5.24. The van der Waals surface area contributed by atoms with Crippen molar-refractivity contribution in [3.05, 3.63) is 142 Å². The number of carbonyl (C=O) groups excluding carboxylic acids is 1. The summed E-state index contributed by atoms with van der Waals surface area (Å²) >= 11 is 11.6. The zero-order chi connectivity index (χ0) is 32.3. The van der Waals surface area contributed by atoms with E-state index in [9.17, 15) is 9.59 Å². The first kappa shape index (κ1) is 32.7. The van der Waals surface area contributed by atoms with Gasteiger partial charge in [0.1, 0.15) is 17.1 Å². The number of benzene rings is 6. The summed E-state index contributed by atoms with van der Waals surface area (Å²) in [7, 11) is 2.94. The van der Waals surface area contributed by atoms with E-state index >= 15 is 0 Å². The second-order valence-electron chi connectivity index (χ2n) is 9.54. The number of methoxy groups -OCH3 is 2. The molecule has 0 aliphatic rings. The van der Waals surface area contributed by atoms with E-state index in [1.54, 1.807) is 24.3 Å². The van der Waals surface area contributed by atoms with Gasteiger partial charge in [-0.3, -0.25) is 4.79 Å². The van der Waals surface area contributed by atoms with E-state index in [2.05, 4.69) is 17.4 Å². The summed E-state index contributed by atoms with van der Waals surface area (Å²) in [5, 5.41) is 16.9. The number of carboxylic acids is 1. The predicted molar refractivity (Wildman–Crippen MR) is 183 cm³/mol. The number of nitrogens with two attached hydrogens (primary N) is 1. The lowest BCUT2D eigenvalue weighted by Crippen LogP contribution is -2.13. The fourth-order valence-corrected chi connectivity index (χ4v) is 4.82. The summed E-state index contributed by atoms with van der Waals surface area (Å²) in [5.74, 6) is -0.501. The van der Waals surface area contributed by atoms with Crippen LogP contribution in [0.15, 0.2) is 121 Å². The highest BCUT2D eigenvalue weighted by Crippen LogP contribution is 2.27. The van der Waals surface area contributed by atoms with Crippen LogP contribution < -0.4 is 20.5 Å². The number of fused-ring (bicyclic) bond motifs is 2. The molecule has 0 heterocycles. The van der Waals surface area contributed by atoms with Gasteiger partial charge in [0.05, 0.1) is 19.8 Å². The number of halogens is 2. The Morgan fingerprint density at radius 3 is 1.71 bits per heavy atom. The summed E-state index contributed by atoms with van der Waals surface area (Å²) in [6, 6.07) is 37.1. The lowest BCUT2D eigenvalue weighted by Gasteiger charge is -2.11. The van der Waals surface area contributed by atoms with E-state index in [1.807, 2.05) is 72.8 Å². The van der Waals surface area contributed by atoms with E-state index in [0.29, 0.717) is 27.1 Å². The maximum atomic E-state index is 12.5. The zero-order valence-corrected chi connectivity index (χ0v) is 26.0. The molecule has 0 aliphatic carbocycles. The maximum absolute atomic E-state index is 12.5. The summed E-state index contributed by atoms with van der Waals surface area (Å²) in [5.41, 5.74) is 7.84. The van der Waals surface area contributed by atoms with Gasteiger partial charge in [0, 0.05) is 32.2 Å². The van der Waals surface area contributed by atoms with Gasteiger partial charge in [-0.1, -0.05) is 96.0 Å².